The Labute approximate surface area is 167 Å². The molecular formula is C21H20N2O3S2. The van der Waals surface area contributed by atoms with Crippen molar-refractivity contribution in [1.29, 1.82) is 0 Å². The zero-order valence-electron chi connectivity index (χ0n) is 15.5. The second kappa shape index (κ2) is 7.07. The van der Waals surface area contributed by atoms with Gasteiger partial charge in [0, 0.05) is 28.6 Å². The highest BCUT2D eigenvalue weighted by Gasteiger charge is 2.21. The van der Waals surface area contributed by atoms with Gasteiger partial charge in [-0.15, -0.1) is 11.3 Å². The second-order valence-corrected chi connectivity index (χ2v) is 9.72. The van der Waals surface area contributed by atoms with Crippen LogP contribution in [0.15, 0.2) is 54.0 Å². The van der Waals surface area contributed by atoms with Gasteiger partial charge in [0.25, 0.3) is 0 Å². The first kappa shape index (κ1) is 18.7. The molecule has 0 bridgehead atoms. The minimum Gasteiger partial charge on any atom is -0.359 e. The maximum Gasteiger partial charge on any atom is 0.229 e. The lowest BCUT2D eigenvalue weighted by molar-refractivity contribution is -0.117. The predicted octanol–water partition coefficient (Wildman–Crippen LogP) is 4.87. The molecule has 2 heterocycles. The molecule has 0 aliphatic rings. The number of hydrogen-bond acceptors (Lipinski definition) is 4. The van der Waals surface area contributed by atoms with Crippen molar-refractivity contribution in [2.45, 2.75) is 19.3 Å². The number of aromatic nitrogens is 1. The molecule has 4 aromatic rings. The van der Waals surface area contributed by atoms with E-state index >= 15 is 0 Å². The van der Waals surface area contributed by atoms with Gasteiger partial charge in [0.1, 0.15) is 5.78 Å². The molecule has 0 aliphatic heterocycles. The van der Waals surface area contributed by atoms with E-state index < -0.39 is 10.0 Å². The predicted molar refractivity (Wildman–Crippen MR) is 116 cm³/mol. The van der Waals surface area contributed by atoms with E-state index in [4.69, 9.17) is 0 Å². The van der Waals surface area contributed by atoms with E-state index in [2.05, 4.69) is 39.4 Å². The second-order valence-electron chi connectivity index (χ2n) is 7.02. The molecule has 2 aromatic carbocycles. The first-order valence-corrected chi connectivity index (χ1v) is 11.6. The fraction of sp³-hybridized carbons (Fsp3) is 0.190. The van der Waals surface area contributed by atoms with Gasteiger partial charge in [-0.1, -0.05) is 18.2 Å². The van der Waals surface area contributed by atoms with Crippen LogP contribution in [0.4, 0.5) is 5.69 Å². The summed E-state index contributed by atoms with van der Waals surface area (Å²) in [5.74, 6) is -0.000727. The van der Waals surface area contributed by atoms with Gasteiger partial charge in [0.2, 0.25) is 10.0 Å². The van der Waals surface area contributed by atoms with Crippen molar-refractivity contribution in [2.75, 3.05) is 11.0 Å². The smallest absolute Gasteiger partial charge is 0.229 e. The molecule has 0 aliphatic carbocycles. The summed E-state index contributed by atoms with van der Waals surface area (Å²) in [5.41, 5.74) is 3.27. The summed E-state index contributed by atoms with van der Waals surface area (Å²) in [4.78, 5) is 15.2. The summed E-state index contributed by atoms with van der Waals surface area (Å²) in [6.07, 6.45) is 3.39. The third-order valence-electron chi connectivity index (χ3n) is 4.79. The number of carbonyl (C=O) groups excluding carboxylic acids is 1. The number of rotatable bonds is 6. The molecule has 1 atom stereocenters. The Kier molecular flexibility index (Phi) is 4.72. The fourth-order valence-corrected chi connectivity index (χ4v) is 4.99. The molecule has 0 spiro atoms. The van der Waals surface area contributed by atoms with Gasteiger partial charge in [-0.2, -0.15) is 0 Å². The molecule has 0 amide bonds. The van der Waals surface area contributed by atoms with Crippen LogP contribution < -0.4 is 4.72 Å². The third kappa shape index (κ3) is 3.68. The number of carbonyl (C=O) groups is 1. The maximum absolute atomic E-state index is 12.0. The highest BCUT2D eigenvalue weighted by atomic mass is 32.2. The number of benzene rings is 2. The van der Waals surface area contributed by atoms with Crippen molar-refractivity contribution >= 4 is 53.8 Å². The molecule has 7 heteroatoms. The first-order chi connectivity index (χ1) is 13.3. The van der Waals surface area contributed by atoms with Crippen molar-refractivity contribution in [3.8, 4) is 0 Å². The van der Waals surface area contributed by atoms with E-state index in [0.717, 1.165) is 28.2 Å². The Morgan fingerprint density at radius 2 is 2.04 bits per heavy atom. The highest BCUT2D eigenvalue weighted by Crippen LogP contribution is 2.37. The number of thiophene rings is 1. The quantitative estimate of drug-likeness (QED) is 0.474. The van der Waals surface area contributed by atoms with Gasteiger partial charge in [-0.25, -0.2) is 8.42 Å². The highest BCUT2D eigenvalue weighted by molar-refractivity contribution is 7.92. The number of sulfonamides is 1. The summed E-state index contributed by atoms with van der Waals surface area (Å²) in [6, 6.07) is 13.9. The summed E-state index contributed by atoms with van der Waals surface area (Å²) in [7, 11) is -3.39. The Morgan fingerprint density at radius 3 is 2.79 bits per heavy atom. The van der Waals surface area contributed by atoms with Crippen LogP contribution in [0.2, 0.25) is 0 Å². The van der Waals surface area contributed by atoms with Crippen LogP contribution in [0.1, 0.15) is 30.4 Å². The van der Waals surface area contributed by atoms with Crippen LogP contribution in [0.25, 0.3) is 21.0 Å². The number of Topliss-reactive ketones (excluding diaryl/α,β-unsaturated/α-hetero) is 1. The van der Waals surface area contributed by atoms with Crippen LogP contribution in [-0.4, -0.2) is 25.4 Å². The summed E-state index contributed by atoms with van der Waals surface area (Å²) in [5, 5.41) is 4.13. The zero-order valence-corrected chi connectivity index (χ0v) is 17.2. The lowest BCUT2D eigenvalue weighted by Crippen LogP contribution is -2.09. The lowest BCUT2D eigenvalue weighted by Gasteiger charge is -2.16. The number of para-hydroxylation sites is 1. The number of nitrogens with one attached hydrogen (secondary N) is 2. The van der Waals surface area contributed by atoms with Gasteiger partial charge >= 0.3 is 0 Å². The molecule has 0 fully saturated rings. The molecule has 2 N–H and O–H groups in total. The number of ketones is 1. The largest absolute Gasteiger partial charge is 0.359 e. The molecule has 0 radical (unpaired) electrons. The molecule has 4 rings (SSSR count). The van der Waals surface area contributed by atoms with Gasteiger partial charge in [0.15, 0.2) is 0 Å². The third-order valence-corrected chi connectivity index (χ3v) is 6.28. The summed E-state index contributed by atoms with van der Waals surface area (Å²) < 4.78 is 27.1. The topological polar surface area (TPSA) is 79.0 Å². The molecule has 1 unspecified atom stereocenters. The lowest BCUT2D eigenvalue weighted by atomic mass is 9.86. The summed E-state index contributed by atoms with van der Waals surface area (Å²) >= 11 is 1.69. The minimum absolute atomic E-state index is 0.107. The minimum atomic E-state index is -3.39. The van der Waals surface area contributed by atoms with Crippen LogP contribution in [0, 0.1) is 0 Å². The number of H-pyrrole nitrogens is 1. The number of hydrogen-bond donors (Lipinski definition) is 2. The Balaban J connectivity index is 1.85. The number of aromatic amines is 1. The van der Waals surface area contributed by atoms with Crippen molar-refractivity contribution in [3.05, 3.63) is 65.2 Å². The van der Waals surface area contributed by atoms with Crippen molar-refractivity contribution in [3.63, 3.8) is 0 Å². The monoisotopic (exact) mass is 412 g/mol. The average Bonchev–Trinajstić information content (AvgIpc) is 3.25. The molecule has 0 saturated heterocycles. The molecular weight excluding hydrogens is 392 g/mol. The van der Waals surface area contributed by atoms with Gasteiger partial charge in [-0.3, -0.25) is 9.52 Å². The summed E-state index contributed by atoms with van der Waals surface area (Å²) in [6.45, 7) is 1.60. The van der Waals surface area contributed by atoms with Crippen molar-refractivity contribution in [2.24, 2.45) is 0 Å². The van der Waals surface area contributed by atoms with Crippen LogP contribution in [0.5, 0.6) is 0 Å². The van der Waals surface area contributed by atoms with E-state index in [1.165, 1.54) is 4.70 Å². The molecule has 0 saturated carbocycles. The van der Waals surface area contributed by atoms with E-state index in [9.17, 15) is 13.2 Å². The van der Waals surface area contributed by atoms with Gasteiger partial charge < -0.3 is 4.98 Å². The Hall–Kier alpha value is -2.64. The van der Waals surface area contributed by atoms with Crippen LogP contribution in [-0.2, 0) is 14.8 Å². The first-order valence-electron chi connectivity index (χ1n) is 8.86. The zero-order chi connectivity index (χ0) is 19.9. The Morgan fingerprint density at radius 1 is 1.21 bits per heavy atom. The molecule has 2 aromatic heterocycles. The van der Waals surface area contributed by atoms with E-state index in [0.29, 0.717) is 17.6 Å². The molecule has 28 heavy (non-hydrogen) atoms. The van der Waals surface area contributed by atoms with Crippen LogP contribution >= 0.6 is 11.3 Å². The van der Waals surface area contributed by atoms with Gasteiger partial charge in [0.05, 0.1) is 17.5 Å². The fourth-order valence-electron chi connectivity index (χ4n) is 3.65. The van der Waals surface area contributed by atoms with Gasteiger partial charge in [-0.05, 0) is 53.1 Å². The van der Waals surface area contributed by atoms with Crippen LogP contribution in [0.3, 0.4) is 0 Å². The Bertz CT molecular complexity index is 1290. The normalized spacial score (nSPS) is 13.1. The number of anilines is 1. The average molecular weight is 413 g/mol. The molecule has 144 valence electrons. The molecule has 5 nitrogen and oxygen atoms in total. The standard InChI is InChI=1S/C21H20N2O3S2/c1-13(24)10-17(14-6-7-20-15(11-14)8-9-27-20)18-12-22-21-16(18)4-3-5-19(21)23-28(2,25)26/h3-9,11-12,17,22-23H,10H2,1-2H3. The van der Waals surface area contributed by atoms with Crippen molar-refractivity contribution in [1.82, 2.24) is 4.98 Å². The number of fused-ring (bicyclic) bond motifs is 2. The van der Waals surface area contributed by atoms with E-state index in [1.807, 2.05) is 18.3 Å². The SMILES string of the molecule is CC(=O)CC(c1ccc2sccc2c1)c1c[nH]c2c(NS(C)(=O)=O)cccc12. The van der Waals surface area contributed by atoms with Crippen molar-refractivity contribution < 1.29 is 13.2 Å². The van der Waals surface area contributed by atoms with E-state index in [-0.39, 0.29) is 11.7 Å². The van der Waals surface area contributed by atoms with E-state index in [1.54, 1.807) is 24.3 Å². The maximum atomic E-state index is 12.0.